The molecule has 4 rings (SSSR count). The van der Waals surface area contributed by atoms with E-state index in [9.17, 15) is 22.0 Å². The monoisotopic (exact) mass is 522 g/mol. The first kappa shape index (κ1) is 24.3. The molecular formula is C22H17ClF2N4O3S2. The molecule has 1 fully saturated rings. The van der Waals surface area contributed by atoms with E-state index in [0.29, 0.717) is 15.3 Å². The molecule has 0 unspecified atom stereocenters. The maximum Gasteiger partial charge on any atom is 0.280 e. The van der Waals surface area contributed by atoms with Gasteiger partial charge in [-0.3, -0.25) is 4.79 Å². The Balaban J connectivity index is 1.58. The van der Waals surface area contributed by atoms with E-state index in [1.807, 2.05) is 0 Å². The highest BCUT2D eigenvalue weighted by molar-refractivity contribution is 7.87. The third kappa shape index (κ3) is 4.82. The maximum absolute atomic E-state index is 14.0. The smallest absolute Gasteiger partial charge is 0.280 e. The van der Waals surface area contributed by atoms with Crippen LogP contribution in [-0.4, -0.2) is 31.7 Å². The van der Waals surface area contributed by atoms with Gasteiger partial charge in [-0.1, -0.05) is 23.7 Å². The zero-order chi connectivity index (χ0) is 24.6. The number of carbonyl (C=O) groups is 1. The summed E-state index contributed by atoms with van der Waals surface area (Å²) < 4.78 is 56.4. The zero-order valence-electron chi connectivity index (χ0n) is 17.6. The van der Waals surface area contributed by atoms with Crippen molar-refractivity contribution in [1.82, 2.24) is 9.03 Å². The van der Waals surface area contributed by atoms with Crippen LogP contribution in [0.25, 0.3) is 15.3 Å². The highest BCUT2D eigenvalue weighted by Gasteiger charge is 2.41. The van der Waals surface area contributed by atoms with Crippen molar-refractivity contribution in [2.24, 2.45) is 0 Å². The van der Waals surface area contributed by atoms with Gasteiger partial charge in [0.25, 0.3) is 10.2 Å². The van der Waals surface area contributed by atoms with Crippen LogP contribution in [0.15, 0.2) is 48.5 Å². The SMILES string of the molecule is [C-]#[N+]c1ccc(-c2ccc([C@H]3C[C@@H](C(=O)Nc4ccc(F)c(Cl)c4)N(C)S(=O)(=O)N3)s2)cc1F. The Morgan fingerprint density at radius 2 is 1.97 bits per heavy atom. The lowest BCUT2D eigenvalue weighted by Crippen LogP contribution is -2.55. The third-order valence-electron chi connectivity index (χ3n) is 5.38. The molecule has 0 bridgehead atoms. The lowest BCUT2D eigenvalue weighted by molar-refractivity contribution is -0.120. The molecule has 12 heteroatoms. The number of rotatable bonds is 4. The minimum atomic E-state index is -3.98. The van der Waals surface area contributed by atoms with Gasteiger partial charge >= 0.3 is 0 Å². The van der Waals surface area contributed by atoms with Gasteiger partial charge in [0.15, 0.2) is 0 Å². The normalized spacial score (nSPS) is 20.0. The van der Waals surface area contributed by atoms with Crippen molar-refractivity contribution in [2.45, 2.75) is 18.5 Å². The number of anilines is 1. The number of carbonyl (C=O) groups excluding carboxylic acids is 1. The van der Waals surface area contributed by atoms with E-state index in [4.69, 9.17) is 18.2 Å². The Kier molecular flexibility index (Phi) is 6.71. The zero-order valence-corrected chi connectivity index (χ0v) is 19.9. The first-order valence-corrected chi connectivity index (χ1v) is 12.5. The molecule has 1 aromatic heterocycles. The summed E-state index contributed by atoms with van der Waals surface area (Å²) in [5.74, 6) is -1.87. The second kappa shape index (κ2) is 9.40. The lowest BCUT2D eigenvalue weighted by Gasteiger charge is -2.35. The van der Waals surface area contributed by atoms with Crippen LogP contribution in [0, 0.1) is 18.2 Å². The van der Waals surface area contributed by atoms with Gasteiger partial charge < -0.3 is 5.32 Å². The van der Waals surface area contributed by atoms with Crippen LogP contribution in [0.2, 0.25) is 5.02 Å². The van der Waals surface area contributed by atoms with Crippen LogP contribution in [0.1, 0.15) is 17.3 Å². The van der Waals surface area contributed by atoms with E-state index in [1.165, 1.54) is 42.6 Å². The Morgan fingerprint density at radius 3 is 2.65 bits per heavy atom. The number of hydrogen-bond acceptors (Lipinski definition) is 4. The van der Waals surface area contributed by atoms with E-state index in [0.717, 1.165) is 10.4 Å². The summed E-state index contributed by atoms with van der Waals surface area (Å²) in [4.78, 5) is 17.4. The Bertz CT molecular complexity index is 1420. The largest absolute Gasteiger partial charge is 0.325 e. The fraction of sp³-hybridized carbons (Fsp3) is 0.182. The predicted molar refractivity (Wildman–Crippen MR) is 127 cm³/mol. The second-order valence-corrected chi connectivity index (χ2v) is 10.8. The molecule has 34 heavy (non-hydrogen) atoms. The topological polar surface area (TPSA) is 82.9 Å². The van der Waals surface area contributed by atoms with Crippen molar-refractivity contribution in [3.05, 3.63) is 81.5 Å². The Labute approximate surface area is 204 Å². The standard InChI is InChI=1S/C22H17ClF2N4O3S2/c1-26-17-6-3-12(9-16(17)25)20-7-8-21(33-20)18-11-19(29(2)34(31,32)28-18)22(30)27-13-4-5-15(24)14(23)10-13/h3-10,18-19,28H,11H2,2H3,(H,27,30)/t18-,19+/m1/s1. The lowest BCUT2D eigenvalue weighted by atomic mass is 10.1. The van der Waals surface area contributed by atoms with Gasteiger partial charge in [-0.05, 0) is 48.4 Å². The molecule has 0 aliphatic carbocycles. The quantitative estimate of drug-likeness (QED) is 0.467. The van der Waals surface area contributed by atoms with Crippen LogP contribution >= 0.6 is 22.9 Å². The number of hydrogen-bond donors (Lipinski definition) is 2. The highest BCUT2D eigenvalue weighted by Crippen LogP contribution is 2.37. The molecule has 1 saturated heterocycles. The number of nitrogens with one attached hydrogen (secondary N) is 2. The summed E-state index contributed by atoms with van der Waals surface area (Å²) in [5.41, 5.74) is 0.708. The minimum absolute atomic E-state index is 0.0834. The summed E-state index contributed by atoms with van der Waals surface area (Å²) in [6.07, 6.45) is 0.126. The van der Waals surface area contributed by atoms with Gasteiger partial charge in [-0.2, -0.15) is 17.4 Å². The molecule has 7 nitrogen and oxygen atoms in total. The number of thiophene rings is 1. The fourth-order valence-corrected chi connectivity index (χ4v) is 6.13. The van der Waals surface area contributed by atoms with E-state index < -0.39 is 39.8 Å². The molecule has 176 valence electrons. The molecule has 3 aromatic rings. The average Bonchev–Trinajstić information content (AvgIpc) is 3.28. The van der Waals surface area contributed by atoms with Crippen LogP contribution in [0.3, 0.4) is 0 Å². The molecule has 2 atom stereocenters. The van der Waals surface area contributed by atoms with Crippen molar-refractivity contribution in [2.75, 3.05) is 12.4 Å². The van der Waals surface area contributed by atoms with Crippen LogP contribution < -0.4 is 10.0 Å². The van der Waals surface area contributed by atoms with Gasteiger partial charge in [0.05, 0.1) is 17.6 Å². The van der Waals surface area contributed by atoms with E-state index >= 15 is 0 Å². The maximum atomic E-state index is 14.0. The molecule has 0 radical (unpaired) electrons. The van der Waals surface area contributed by atoms with Gasteiger partial charge in [0.2, 0.25) is 11.6 Å². The number of halogens is 3. The molecule has 0 spiro atoms. The molecule has 1 aliphatic rings. The summed E-state index contributed by atoms with van der Waals surface area (Å²) in [7, 11) is -2.69. The number of amides is 1. The number of benzene rings is 2. The van der Waals surface area contributed by atoms with Crippen molar-refractivity contribution < 1.29 is 22.0 Å². The van der Waals surface area contributed by atoms with Crippen molar-refractivity contribution >= 4 is 50.4 Å². The van der Waals surface area contributed by atoms with Gasteiger partial charge in [0.1, 0.15) is 17.7 Å². The van der Waals surface area contributed by atoms with Crippen LogP contribution in [0.5, 0.6) is 0 Å². The van der Waals surface area contributed by atoms with E-state index in [2.05, 4.69) is 14.9 Å². The second-order valence-electron chi connectivity index (χ2n) is 7.54. The van der Waals surface area contributed by atoms with Gasteiger partial charge in [0, 0.05) is 22.5 Å². The third-order valence-corrected chi connectivity index (χ3v) is 8.51. The molecule has 1 amide bonds. The van der Waals surface area contributed by atoms with E-state index in [-0.39, 0.29) is 22.8 Å². The van der Waals surface area contributed by atoms with Gasteiger partial charge in [-0.15, -0.1) is 11.3 Å². The van der Waals surface area contributed by atoms with Gasteiger partial charge in [-0.25, -0.2) is 13.6 Å². The first-order chi connectivity index (χ1) is 16.1. The number of nitrogens with zero attached hydrogens (tertiary/aromatic N) is 2. The summed E-state index contributed by atoms with van der Waals surface area (Å²) in [5, 5.41) is 2.41. The summed E-state index contributed by atoms with van der Waals surface area (Å²) >= 11 is 7.02. The van der Waals surface area contributed by atoms with E-state index in [1.54, 1.807) is 18.2 Å². The van der Waals surface area contributed by atoms with Crippen molar-refractivity contribution in [1.29, 1.82) is 0 Å². The highest BCUT2D eigenvalue weighted by atomic mass is 35.5. The molecule has 2 heterocycles. The Hall–Kier alpha value is -2.88. The summed E-state index contributed by atoms with van der Waals surface area (Å²) in [6, 6.07) is 9.65. The molecule has 2 N–H and O–H groups in total. The molecule has 1 aliphatic heterocycles. The van der Waals surface area contributed by atoms with Crippen LogP contribution in [-0.2, 0) is 15.0 Å². The molecule has 0 saturated carbocycles. The van der Waals surface area contributed by atoms with Crippen LogP contribution in [0.4, 0.5) is 20.2 Å². The fourth-order valence-electron chi connectivity index (χ4n) is 3.54. The predicted octanol–water partition coefficient (Wildman–Crippen LogP) is 5.12. The number of likely N-dealkylation sites (N-methyl/N-ethyl adjacent to an activating group) is 1. The minimum Gasteiger partial charge on any atom is -0.325 e. The average molecular weight is 523 g/mol. The summed E-state index contributed by atoms with van der Waals surface area (Å²) in [6.45, 7) is 6.96. The van der Waals surface area contributed by atoms with Crippen molar-refractivity contribution in [3.8, 4) is 10.4 Å². The molecular weight excluding hydrogens is 506 g/mol. The first-order valence-electron chi connectivity index (χ1n) is 9.87. The molecule has 2 aromatic carbocycles. The Morgan fingerprint density at radius 1 is 1.21 bits per heavy atom. The van der Waals surface area contributed by atoms with Crippen molar-refractivity contribution in [3.63, 3.8) is 0 Å².